The number of nitrogens with one attached hydrogen (secondary N) is 1. The molecular formula is C21H25F3N4O. The Labute approximate surface area is 167 Å². The van der Waals surface area contributed by atoms with E-state index in [1.165, 1.54) is 12.6 Å². The van der Waals surface area contributed by atoms with Gasteiger partial charge in [-0.25, -0.2) is 0 Å². The van der Waals surface area contributed by atoms with Crippen LogP contribution in [0.5, 0.6) is 0 Å². The largest absolute Gasteiger partial charge is 0.435 e. The highest BCUT2D eigenvalue weighted by molar-refractivity contribution is 5.92. The zero-order valence-electron chi connectivity index (χ0n) is 16.4. The molecule has 0 bridgehead atoms. The molecule has 0 radical (unpaired) electrons. The Morgan fingerprint density at radius 3 is 2.48 bits per heavy atom. The lowest BCUT2D eigenvalue weighted by atomic mass is 9.62. The Morgan fingerprint density at radius 2 is 1.93 bits per heavy atom. The number of nitrogens with zero attached hydrogens (tertiary/aromatic N) is 3. The normalized spacial score (nSPS) is 25.0. The minimum Gasteiger partial charge on any atom is -0.349 e. The van der Waals surface area contributed by atoms with Gasteiger partial charge >= 0.3 is 6.18 Å². The zero-order valence-corrected chi connectivity index (χ0v) is 16.4. The lowest BCUT2D eigenvalue weighted by molar-refractivity contribution is -0.141. The molecular weight excluding hydrogens is 381 g/mol. The Kier molecular flexibility index (Phi) is 5.14. The van der Waals surface area contributed by atoms with Gasteiger partial charge in [0.05, 0.1) is 0 Å². The lowest BCUT2D eigenvalue weighted by Crippen LogP contribution is -2.63. The van der Waals surface area contributed by atoms with Crippen molar-refractivity contribution in [3.63, 3.8) is 0 Å². The van der Waals surface area contributed by atoms with Crippen molar-refractivity contribution in [2.75, 3.05) is 19.6 Å². The second-order valence-electron chi connectivity index (χ2n) is 8.02. The predicted octanol–water partition coefficient (Wildman–Crippen LogP) is 3.58. The van der Waals surface area contributed by atoms with E-state index in [9.17, 15) is 18.0 Å². The Balaban J connectivity index is 1.54. The third-order valence-corrected chi connectivity index (χ3v) is 6.41. The van der Waals surface area contributed by atoms with Crippen LogP contribution in [0.2, 0.25) is 0 Å². The van der Waals surface area contributed by atoms with Gasteiger partial charge in [0.1, 0.15) is 5.69 Å². The summed E-state index contributed by atoms with van der Waals surface area (Å²) in [6, 6.07) is 11.1. The van der Waals surface area contributed by atoms with Crippen LogP contribution in [0.25, 0.3) is 0 Å². The van der Waals surface area contributed by atoms with Crippen molar-refractivity contribution in [3.8, 4) is 0 Å². The van der Waals surface area contributed by atoms with Crippen molar-refractivity contribution in [2.45, 2.75) is 43.3 Å². The summed E-state index contributed by atoms with van der Waals surface area (Å²) in [5.41, 5.74) is -0.0617. The van der Waals surface area contributed by atoms with Gasteiger partial charge in [0.2, 0.25) is 0 Å². The van der Waals surface area contributed by atoms with Crippen molar-refractivity contribution in [3.05, 3.63) is 53.3 Å². The molecule has 5 nitrogen and oxygen atoms in total. The summed E-state index contributed by atoms with van der Waals surface area (Å²) < 4.78 is 39.7. The van der Waals surface area contributed by atoms with Crippen LogP contribution in [0.3, 0.4) is 0 Å². The van der Waals surface area contributed by atoms with Crippen molar-refractivity contribution < 1.29 is 18.0 Å². The van der Waals surface area contributed by atoms with Gasteiger partial charge in [-0.2, -0.15) is 18.3 Å². The molecule has 2 heterocycles. The third kappa shape index (κ3) is 3.66. The first-order valence-corrected chi connectivity index (χ1v) is 10.0. The maximum absolute atomic E-state index is 12.9. The van der Waals surface area contributed by atoms with Gasteiger partial charge in [-0.05, 0) is 44.3 Å². The number of alkyl halides is 3. The molecule has 8 heteroatoms. The van der Waals surface area contributed by atoms with Crippen molar-refractivity contribution >= 4 is 5.91 Å². The highest BCUT2D eigenvalue weighted by atomic mass is 19.4. The van der Waals surface area contributed by atoms with Crippen LogP contribution in [0, 0.1) is 0 Å². The summed E-state index contributed by atoms with van der Waals surface area (Å²) in [7, 11) is 1.36. The van der Waals surface area contributed by atoms with E-state index < -0.39 is 17.8 Å². The van der Waals surface area contributed by atoms with E-state index in [4.69, 9.17) is 0 Å². The first kappa shape index (κ1) is 19.9. The molecule has 1 N–H and O–H groups in total. The number of carbonyl (C=O) groups excluding carboxylic acids is 1. The summed E-state index contributed by atoms with van der Waals surface area (Å²) >= 11 is 0. The molecule has 1 aliphatic heterocycles. The van der Waals surface area contributed by atoms with Crippen LogP contribution in [-0.2, 0) is 13.2 Å². The summed E-state index contributed by atoms with van der Waals surface area (Å²) in [5, 5.41) is 6.36. The van der Waals surface area contributed by atoms with Crippen LogP contribution in [0.4, 0.5) is 13.2 Å². The topological polar surface area (TPSA) is 50.2 Å². The smallest absolute Gasteiger partial charge is 0.349 e. The fourth-order valence-electron chi connectivity index (χ4n) is 4.79. The van der Waals surface area contributed by atoms with Crippen LogP contribution >= 0.6 is 0 Å². The molecule has 2 aromatic rings. The number of rotatable bonds is 5. The van der Waals surface area contributed by atoms with Gasteiger partial charge in [0.25, 0.3) is 5.91 Å². The number of hydrogen-bond donors (Lipinski definition) is 1. The molecule has 1 aromatic carbocycles. The molecule has 1 aliphatic carbocycles. The standard InChI is InChI=1S/C21H25F3N4O/c1-27-17(13-18(26-27)21(22,23)24)19(29)25-14-20(28-11-5-6-12-28)10-9-16(20)15-7-3-2-4-8-15/h2-4,7-8,13,16H,5-6,9-12,14H2,1H3,(H,25,29). The van der Waals surface area contributed by atoms with Gasteiger partial charge in [-0.3, -0.25) is 14.4 Å². The van der Waals surface area contributed by atoms with Crippen LogP contribution < -0.4 is 5.32 Å². The van der Waals surface area contributed by atoms with Crippen LogP contribution in [-0.4, -0.2) is 45.8 Å². The van der Waals surface area contributed by atoms with E-state index in [-0.39, 0.29) is 11.2 Å². The Morgan fingerprint density at radius 1 is 1.24 bits per heavy atom. The summed E-state index contributed by atoms with van der Waals surface area (Å²) in [6.45, 7) is 2.39. The SMILES string of the molecule is Cn1nc(C(F)(F)F)cc1C(=O)NCC1(N2CCCC2)CCC1c1ccccc1. The summed E-state index contributed by atoms with van der Waals surface area (Å²) in [4.78, 5) is 15.1. The number of carbonyl (C=O) groups is 1. The number of hydrogen-bond acceptors (Lipinski definition) is 3. The first-order valence-electron chi connectivity index (χ1n) is 10.0. The van der Waals surface area contributed by atoms with E-state index in [1.54, 1.807) is 0 Å². The highest BCUT2D eigenvalue weighted by Crippen LogP contribution is 2.50. The number of likely N-dealkylation sites (tertiary alicyclic amines) is 1. The number of aromatic nitrogens is 2. The van der Waals surface area contributed by atoms with Crippen LogP contribution in [0.1, 0.15) is 53.3 Å². The summed E-state index contributed by atoms with van der Waals surface area (Å²) in [5.74, 6) is -0.216. The molecule has 2 atom stereocenters. The molecule has 1 saturated carbocycles. The summed E-state index contributed by atoms with van der Waals surface area (Å²) in [6.07, 6.45) is -0.298. The zero-order chi connectivity index (χ0) is 20.6. The third-order valence-electron chi connectivity index (χ3n) is 6.41. The van der Waals surface area contributed by atoms with E-state index in [2.05, 4.69) is 27.4 Å². The molecule has 156 valence electrons. The fraction of sp³-hybridized carbons (Fsp3) is 0.524. The van der Waals surface area contributed by atoms with E-state index in [1.807, 2.05) is 18.2 Å². The molecule has 0 spiro atoms. The van der Waals surface area contributed by atoms with E-state index in [0.717, 1.165) is 49.5 Å². The minimum atomic E-state index is -4.57. The van der Waals surface area contributed by atoms with Crippen molar-refractivity contribution in [1.29, 1.82) is 0 Å². The average Bonchev–Trinajstić information content (AvgIpc) is 3.32. The molecule has 1 aromatic heterocycles. The quantitative estimate of drug-likeness (QED) is 0.826. The van der Waals surface area contributed by atoms with Gasteiger partial charge in [-0.15, -0.1) is 0 Å². The average molecular weight is 406 g/mol. The molecule has 1 amide bonds. The first-order chi connectivity index (χ1) is 13.8. The number of aryl methyl sites for hydroxylation is 1. The molecule has 29 heavy (non-hydrogen) atoms. The molecule has 1 saturated heterocycles. The van der Waals surface area contributed by atoms with Crippen molar-refractivity contribution in [1.82, 2.24) is 20.0 Å². The minimum absolute atomic E-state index is 0.0792. The Bertz CT molecular complexity index is 874. The van der Waals surface area contributed by atoms with Gasteiger partial charge in [0.15, 0.2) is 5.69 Å². The highest BCUT2D eigenvalue weighted by Gasteiger charge is 2.52. The van der Waals surface area contributed by atoms with E-state index in [0.29, 0.717) is 12.5 Å². The molecule has 4 rings (SSSR count). The number of amides is 1. The lowest BCUT2D eigenvalue weighted by Gasteiger charge is -2.55. The van der Waals surface area contributed by atoms with Crippen molar-refractivity contribution in [2.24, 2.45) is 7.05 Å². The molecule has 2 fully saturated rings. The maximum Gasteiger partial charge on any atom is 0.435 e. The van der Waals surface area contributed by atoms with E-state index >= 15 is 0 Å². The second kappa shape index (κ2) is 7.48. The Hall–Kier alpha value is -2.35. The van der Waals surface area contributed by atoms with Gasteiger partial charge < -0.3 is 5.32 Å². The maximum atomic E-state index is 12.9. The molecule has 2 aliphatic rings. The van der Waals surface area contributed by atoms with Crippen LogP contribution in [0.15, 0.2) is 36.4 Å². The predicted molar refractivity (Wildman–Crippen MR) is 102 cm³/mol. The van der Waals surface area contributed by atoms with Gasteiger partial charge in [-0.1, -0.05) is 30.3 Å². The van der Waals surface area contributed by atoms with Gasteiger partial charge in [0, 0.05) is 31.1 Å². The second-order valence-corrected chi connectivity index (χ2v) is 8.02. The fourth-order valence-corrected chi connectivity index (χ4v) is 4.79. The monoisotopic (exact) mass is 406 g/mol. The number of benzene rings is 1. The molecule has 2 unspecified atom stereocenters. The number of halogens is 3.